The van der Waals surface area contributed by atoms with Gasteiger partial charge in [-0.2, -0.15) is 13.7 Å². The number of hydroxylamine groups is 2. The molecule has 2 aliphatic heterocycles. The number of amides is 2. The first-order valence-corrected chi connectivity index (χ1v) is 15.6. The molecule has 0 saturated carbocycles. The Labute approximate surface area is 251 Å². The van der Waals surface area contributed by atoms with E-state index in [1.165, 1.54) is 24.9 Å². The van der Waals surface area contributed by atoms with Crippen molar-refractivity contribution in [2.75, 3.05) is 32.0 Å². The molecule has 0 bridgehead atoms. The normalized spacial score (nSPS) is 20.6. The Balaban J connectivity index is 1.21. The first kappa shape index (κ1) is 30.6. The molecule has 2 amide bonds. The fourth-order valence-corrected chi connectivity index (χ4v) is 6.13. The summed E-state index contributed by atoms with van der Waals surface area (Å²) < 4.78 is 47.1. The number of β-lactam (4-membered cyclic amide) rings is 1. The number of carbonyl (C=O) groups is 2. The number of nitrogen functional groups attached to an aromatic ring is 1. The van der Waals surface area contributed by atoms with E-state index in [0.29, 0.717) is 16.7 Å². The van der Waals surface area contributed by atoms with Crippen LogP contribution in [0.5, 0.6) is 5.75 Å². The van der Waals surface area contributed by atoms with Crippen LogP contribution in [0.25, 0.3) is 5.65 Å². The fraction of sp³-hybridized carbons (Fsp3) is 0.480. The molecule has 0 aromatic carbocycles. The summed E-state index contributed by atoms with van der Waals surface area (Å²) in [4.78, 5) is 35.0. The highest BCUT2D eigenvalue weighted by Gasteiger charge is 2.57. The average molecular weight is 637 g/mol. The van der Waals surface area contributed by atoms with Crippen molar-refractivity contribution in [1.82, 2.24) is 25.1 Å². The molecule has 5 rings (SSSR count). The summed E-state index contributed by atoms with van der Waals surface area (Å²) >= 11 is 1.07. The number of rotatable bonds is 11. The molecule has 4 N–H and O–H groups in total. The van der Waals surface area contributed by atoms with E-state index in [2.05, 4.69) is 42.9 Å². The molecule has 16 nitrogen and oxygen atoms in total. The molecule has 2 saturated heterocycles. The second-order valence-electron chi connectivity index (χ2n) is 10.7. The van der Waals surface area contributed by atoms with E-state index in [4.69, 9.17) is 15.3 Å². The van der Waals surface area contributed by atoms with Gasteiger partial charge in [-0.15, -0.1) is 11.3 Å². The maximum absolute atomic E-state index is 13.1. The highest BCUT2D eigenvalue weighted by atomic mass is 32.3. The van der Waals surface area contributed by atoms with E-state index < -0.39 is 33.8 Å². The van der Waals surface area contributed by atoms with Crippen LogP contribution in [0, 0.1) is 0 Å². The van der Waals surface area contributed by atoms with E-state index in [9.17, 15) is 22.6 Å². The van der Waals surface area contributed by atoms with E-state index in [1.54, 1.807) is 0 Å². The zero-order valence-corrected chi connectivity index (χ0v) is 25.3. The minimum Gasteiger partial charge on any atom is -0.724 e. The Kier molecular flexibility index (Phi) is 8.57. The quantitative estimate of drug-likeness (QED) is 0.0468. The SMILES string of the molecule is C[n+]1c(C2CCCNC2)cn2cc(OCCO/N=C(\C(=O)NC3C(=O)N(OS(=O)(=O)[O-])C3(C)C)c3csc(N)n3)ccc21. The summed E-state index contributed by atoms with van der Waals surface area (Å²) in [7, 11) is -3.14. The van der Waals surface area contributed by atoms with Crippen LogP contribution in [0.15, 0.2) is 35.1 Å². The molecule has 2 aliphatic rings. The van der Waals surface area contributed by atoms with Gasteiger partial charge in [0, 0.05) is 23.9 Å². The zero-order chi connectivity index (χ0) is 30.9. The number of nitrogens with zero attached hydrogens (tertiary/aromatic N) is 5. The molecule has 3 aromatic rings. The minimum atomic E-state index is -5.19. The lowest BCUT2D eigenvalue weighted by molar-refractivity contribution is -0.653. The van der Waals surface area contributed by atoms with Gasteiger partial charge in [-0.3, -0.25) is 9.59 Å². The van der Waals surface area contributed by atoms with Gasteiger partial charge in [-0.1, -0.05) is 5.16 Å². The van der Waals surface area contributed by atoms with Crippen molar-refractivity contribution in [1.29, 1.82) is 0 Å². The number of nitrogens with two attached hydrogens (primary N) is 1. The number of thiazole rings is 1. The molecular weight excluding hydrogens is 604 g/mol. The molecule has 43 heavy (non-hydrogen) atoms. The average Bonchev–Trinajstić information content (AvgIpc) is 3.54. The Morgan fingerprint density at radius 3 is 2.79 bits per heavy atom. The number of oxime groups is 1. The van der Waals surface area contributed by atoms with Crippen molar-refractivity contribution in [3.05, 3.63) is 41.3 Å². The molecule has 2 fully saturated rings. The van der Waals surface area contributed by atoms with Crippen molar-refractivity contribution in [2.24, 2.45) is 12.2 Å². The molecule has 2 unspecified atom stereocenters. The topological polar surface area (TPSA) is 206 Å². The van der Waals surface area contributed by atoms with Gasteiger partial charge in [0.1, 0.15) is 36.4 Å². The van der Waals surface area contributed by atoms with Crippen LogP contribution in [0.1, 0.15) is 44.0 Å². The number of aryl methyl sites for hydroxylation is 1. The smallest absolute Gasteiger partial charge is 0.286 e. The van der Waals surface area contributed by atoms with Crippen LogP contribution in [0.4, 0.5) is 5.13 Å². The first-order valence-electron chi connectivity index (χ1n) is 13.4. The summed E-state index contributed by atoms with van der Waals surface area (Å²) in [5.41, 5.74) is 6.49. The Morgan fingerprint density at radius 1 is 1.35 bits per heavy atom. The lowest BCUT2D eigenvalue weighted by Crippen LogP contribution is -2.76. The molecule has 0 radical (unpaired) electrons. The van der Waals surface area contributed by atoms with Crippen LogP contribution >= 0.6 is 11.3 Å². The lowest BCUT2D eigenvalue weighted by Gasteiger charge is -2.51. The van der Waals surface area contributed by atoms with Gasteiger partial charge in [0.05, 0.1) is 12.6 Å². The molecular formula is C25H32N8O8S2. The van der Waals surface area contributed by atoms with Gasteiger partial charge in [-0.25, -0.2) is 18.0 Å². The summed E-state index contributed by atoms with van der Waals surface area (Å²) in [6, 6.07) is 2.62. The molecule has 18 heteroatoms. The van der Waals surface area contributed by atoms with Gasteiger partial charge >= 0.3 is 0 Å². The molecule has 232 valence electrons. The van der Waals surface area contributed by atoms with Gasteiger partial charge in [0.2, 0.25) is 10.4 Å². The third-order valence-electron chi connectivity index (χ3n) is 7.34. The van der Waals surface area contributed by atoms with Crippen LogP contribution in [0.2, 0.25) is 0 Å². The van der Waals surface area contributed by atoms with Crippen molar-refractivity contribution >= 4 is 50.0 Å². The van der Waals surface area contributed by atoms with Crippen LogP contribution in [0.3, 0.4) is 0 Å². The number of nitrogens with one attached hydrogen (secondary N) is 2. The van der Waals surface area contributed by atoms with Crippen LogP contribution < -0.4 is 25.7 Å². The predicted molar refractivity (Wildman–Crippen MR) is 152 cm³/mol. The molecule has 2 atom stereocenters. The number of ether oxygens (including phenoxy) is 1. The number of carbonyl (C=O) groups excluding carboxylic acids is 2. The molecule has 3 aromatic heterocycles. The predicted octanol–water partition coefficient (Wildman–Crippen LogP) is -0.433. The second-order valence-corrected chi connectivity index (χ2v) is 12.5. The van der Waals surface area contributed by atoms with Crippen molar-refractivity contribution < 1.29 is 41.0 Å². The number of anilines is 1. The Hall–Kier alpha value is -3.84. The van der Waals surface area contributed by atoms with Gasteiger partial charge in [0.15, 0.2) is 23.2 Å². The number of piperidine rings is 1. The molecule has 5 heterocycles. The summed E-state index contributed by atoms with van der Waals surface area (Å²) in [5, 5.41) is 11.9. The minimum absolute atomic E-state index is 0.0241. The monoisotopic (exact) mass is 636 g/mol. The Morgan fingerprint density at radius 2 is 2.14 bits per heavy atom. The summed E-state index contributed by atoms with van der Waals surface area (Å²) in [6.45, 7) is 4.91. The van der Waals surface area contributed by atoms with Crippen LogP contribution in [-0.4, -0.2) is 82.8 Å². The third-order valence-corrected chi connectivity index (χ3v) is 8.35. The lowest BCUT2D eigenvalue weighted by atomic mass is 9.84. The fourth-order valence-electron chi connectivity index (χ4n) is 5.13. The maximum atomic E-state index is 13.1. The molecule has 0 aliphatic carbocycles. The van der Waals surface area contributed by atoms with E-state index >= 15 is 0 Å². The number of hydrogen-bond donors (Lipinski definition) is 3. The summed E-state index contributed by atoms with van der Waals surface area (Å²) in [5.74, 6) is -0.701. The number of imidazole rings is 1. The van der Waals surface area contributed by atoms with Crippen LogP contribution in [-0.2, 0) is 36.2 Å². The van der Waals surface area contributed by atoms with Gasteiger partial charge in [0.25, 0.3) is 17.5 Å². The number of fused-ring (bicyclic) bond motifs is 1. The maximum Gasteiger partial charge on any atom is 0.286 e. The van der Waals surface area contributed by atoms with Crippen molar-refractivity contribution in [3.8, 4) is 5.75 Å². The van der Waals surface area contributed by atoms with Gasteiger partial charge < -0.3 is 30.5 Å². The zero-order valence-electron chi connectivity index (χ0n) is 23.7. The van der Waals surface area contributed by atoms with Crippen molar-refractivity contribution in [3.63, 3.8) is 0 Å². The largest absolute Gasteiger partial charge is 0.724 e. The third kappa shape index (κ3) is 6.57. The highest BCUT2D eigenvalue weighted by Crippen LogP contribution is 2.33. The summed E-state index contributed by atoms with van der Waals surface area (Å²) in [6.07, 6.45) is 6.29. The second kappa shape index (κ2) is 12.0. The van der Waals surface area contributed by atoms with Gasteiger partial charge in [-0.05, 0) is 39.3 Å². The first-order chi connectivity index (χ1) is 20.3. The van der Waals surface area contributed by atoms with E-state index in [1.807, 2.05) is 22.7 Å². The number of pyridine rings is 1. The van der Waals surface area contributed by atoms with Crippen molar-refractivity contribution in [2.45, 2.75) is 44.2 Å². The number of aromatic nitrogens is 3. The standard InChI is InChI=1S/C25H32N8O8S2/c1-25(2)21(23(35)33(25)41-43(36,37)38)29-22(34)20(17-14-42-24(26)28-17)30-40-10-9-39-16-6-7-19-31(3)18(13-32(19)12-16)15-5-4-8-27-11-15/h6-7,12-15,21,27H,4-5,8-11H2,1-3H3,(H3-,26,28,29,34,36,37,38)/b30-20-. The highest BCUT2D eigenvalue weighted by molar-refractivity contribution is 7.80. The van der Waals surface area contributed by atoms with E-state index in [-0.39, 0.29) is 29.8 Å². The Bertz CT molecular complexity index is 1660. The molecule has 0 spiro atoms. The number of hydrogen-bond acceptors (Lipinski definition) is 13. The van der Waals surface area contributed by atoms with E-state index in [0.717, 1.165) is 42.9 Å².